The highest BCUT2D eigenvalue weighted by molar-refractivity contribution is 5.79. The Bertz CT molecular complexity index is 676. The van der Waals surface area contributed by atoms with E-state index in [1.165, 1.54) is 9.13 Å². The zero-order chi connectivity index (χ0) is 14.2. The van der Waals surface area contributed by atoms with Gasteiger partial charge in [-0.1, -0.05) is 0 Å². The summed E-state index contributed by atoms with van der Waals surface area (Å²) >= 11 is 0. The van der Waals surface area contributed by atoms with Gasteiger partial charge in [-0.05, 0) is 32.9 Å². The average molecular weight is 262 g/mol. The van der Waals surface area contributed by atoms with Gasteiger partial charge in [-0.25, -0.2) is 9.78 Å². The van der Waals surface area contributed by atoms with Crippen LogP contribution in [0.2, 0.25) is 0 Å². The van der Waals surface area contributed by atoms with Crippen LogP contribution in [-0.2, 0) is 18.4 Å². The van der Waals surface area contributed by atoms with E-state index in [0.29, 0.717) is 11.2 Å². The first-order chi connectivity index (χ1) is 8.79. The van der Waals surface area contributed by atoms with Crippen LogP contribution in [0.5, 0.6) is 0 Å². The minimum atomic E-state index is -0.316. The molecule has 6 nitrogen and oxygen atoms in total. The van der Waals surface area contributed by atoms with Crippen LogP contribution in [0.3, 0.4) is 0 Å². The van der Waals surface area contributed by atoms with E-state index in [9.17, 15) is 9.59 Å². The topological polar surface area (TPSA) is 68.9 Å². The molecule has 0 fully saturated rings. The minimum absolute atomic E-state index is 0.000856. The number of aromatic nitrogens is 3. The summed E-state index contributed by atoms with van der Waals surface area (Å²) in [6.45, 7) is 5.70. The Balaban J connectivity index is 2.39. The SMILES string of the molecule is Cn1c(=O)n(CC(=O)NC(C)(C)C)c2cccnc21. The lowest BCUT2D eigenvalue weighted by Crippen LogP contribution is -2.43. The smallest absolute Gasteiger partial charge is 0.330 e. The van der Waals surface area contributed by atoms with E-state index >= 15 is 0 Å². The minimum Gasteiger partial charge on any atom is -0.350 e. The van der Waals surface area contributed by atoms with Gasteiger partial charge in [0.25, 0.3) is 0 Å². The van der Waals surface area contributed by atoms with Crippen LogP contribution in [0.4, 0.5) is 0 Å². The summed E-state index contributed by atoms with van der Waals surface area (Å²) < 4.78 is 2.88. The first kappa shape index (κ1) is 13.3. The number of pyridine rings is 1. The highest BCUT2D eigenvalue weighted by Gasteiger charge is 2.17. The predicted octanol–water partition coefficient (Wildman–Crippen LogP) is 0.650. The van der Waals surface area contributed by atoms with E-state index in [0.717, 1.165) is 0 Å². The molecular weight excluding hydrogens is 244 g/mol. The molecule has 0 spiro atoms. The lowest BCUT2D eigenvalue weighted by atomic mass is 10.1. The van der Waals surface area contributed by atoms with Crippen LogP contribution in [-0.4, -0.2) is 25.6 Å². The third kappa shape index (κ3) is 2.67. The van der Waals surface area contributed by atoms with Crippen molar-refractivity contribution in [2.45, 2.75) is 32.9 Å². The van der Waals surface area contributed by atoms with Crippen molar-refractivity contribution in [2.75, 3.05) is 0 Å². The van der Waals surface area contributed by atoms with Gasteiger partial charge in [0.15, 0.2) is 5.65 Å². The summed E-state index contributed by atoms with van der Waals surface area (Å²) in [5.74, 6) is -0.189. The summed E-state index contributed by atoms with van der Waals surface area (Å²) in [6, 6.07) is 3.54. The van der Waals surface area contributed by atoms with Crippen molar-refractivity contribution >= 4 is 17.1 Å². The molecule has 0 unspecified atom stereocenters. The molecule has 0 aliphatic rings. The van der Waals surface area contributed by atoms with Crippen LogP contribution in [0.15, 0.2) is 23.1 Å². The highest BCUT2D eigenvalue weighted by atomic mass is 16.2. The fourth-order valence-corrected chi connectivity index (χ4v) is 1.99. The molecule has 0 radical (unpaired) electrons. The van der Waals surface area contributed by atoms with Crippen molar-refractivity contribution in [2.24, 2.45) is 7.05 Å². The van der Waals surface area contributed by atoms with Crippen molar-refractivity contribution in [1.29, 1.82) is 0 Å². The largest absolute Gasteiger partial charge is 0.350 e. The summed E-state index contributed by atoms with van der Waals surface area (Å²) in [6.07, 6.45) is 1.63. The maximum absolute atomic E-state index is 12.1. The van der Waals surface area contributed by atoms with Gasteiger partial charge in [0.05, 0.1) is 5.52 Å². The third-order valence-corrected chi connectivity index (χ3v) is 2.71. The van der Waals surface area contributed by atoms with Crippen molar-refractivity contribution in [3.63, 3.8) is 0 Å². The van der Waals surface area contributed by atoms with Crippen LogP contribution in [0, 0.1) is 0 Å². The normalized spacial score (nSPS) is 11.8. The number of fused-ring (bicyclic) bond motifs is 1. The van der Waals surface area contributed by atoms with E-state index in [-0.39, 0.29) is 23.7 Å². The molecule has 0 atom stereocenters. The molecule has 2 aromatic heterocycles. The summed E-state index contributed by atoms with van der Waals surface area (Å²) in [7, 11) is 1.65. The Morgan fingerprint density at radius 2 is 2.11 bits per heavy atom. The van der Waals surface area contributed by atoms with Crippen molar-refractivity contribution in [3.05, 3.63) is 28.8 Å². The van der Waals surface area contributed by atoms with Crippen molar-refractivity contribution in [3.8, 4) is 0 Å². The van der Waals surface area contributed by atoms with Crippen LogP contribution in [0.1, 0.15) is 20.8 Å². The first-order valence-electron chi connectivity index (χ1n) is 6.11. The Hall–Kier alpha value is -2.11. The van der Waals surface area contributed by atoms with Crippen molar-refractivity contribution in [1.82, 2.24) is 19.4 Å². The Morgan fingerprint density at radius 1 is 1.42 bits per heavy atom. The molecule has 1 amide bonds. The van der Waals surface area contributed by atoms with E-state index in [1.54, 1.807) is 25.4 Å². The summed E-state index contributed by atoms with van der Waals surface area (Å²) in [4.78, 5) is 28.2. The Labute approximate surface area is 111 Å². The molecule has 0 aliphatic heterocycles. The zero-order valence-electron chi connectivity index (χ0n) is 11.6. The van der Waals surface area contributed by atoms with Gasteiger partial charge < -0.3 is 5.32 Å². The lowest BCUT2D eigenvalue weighted by molar-refractivity contribution is -0.123. The van der Waals surface area contributed by atoms with Gasteiger partial charge in [-0.15, -0.1) is 0 Å². The number of hydrogen-bond acceptors (Lipinski definition) is 3. The van der Waals surface area contributed by atoms with E-state index in [4.69, 9.17) is 0 Å². The molecule has 2 heterocycles. The number of carbonyl (C=O) groups excluding carboxylic acids is 1. The number of imidazole rings is 1. The average Bonchev–Trinajstić information content (AvgIpc) is 2.53. The van der Waals surface area contributed by atoms with Crippen LogP contribution in [0.25, 0.3) is 11.2 Å². The van der Waals surface area contributed by atoms with Gasteiger partial charge in [-0.3, -0.25) is 13.9 Å². The van der Waals surface area contributed by atoms with Gasteiger partial charge in [0.1, 0.15) is 6.54 Å². The number of aryl methyl sites for hydroxylation is 1. The van der Waals surface area contributed by atoms with Gasteiger partial charge in [0.2, 0.25) is 5.91 Å². The van der Waals surface area contributed by atoms with E-state index < -0.39 is 0 Å². The molecular formula is C13H18N4O2. The second-order valence-corrected chi connectivity index (χ2v) is 5.57. The number of rotatable bonds is 2. The quantitative estimate of drug-likeness (QED) is 0.864. The number of carbonyl (C=O) groups is 1. The van der Waals surface area contributed by atoms with Gasteiger partial charge in [-0.2, -0.15) is 0 Å². The van der Waals surface area contributed by atoms with Gasteiger partial charge in [0, 0.05) is 18.8 Å². The number of nitrogens with zero attached hydrogens (tertiary/aromatic N) is 3. The molecule has 6 heteroatoms. The van der Waals surface area contributed by atoms with Crippen LogP contribution < -0.4 is 11.0 Å². The molecule has 0 saturated carbocycles. The standard InChI is InChI=1S/C13H18N4O2/c1-13(2,3)15-10(18)8-17-9-6-5-7-14-11(9)16(4)12(17)19/h5-7H,8H2,1-4H3,(H,15,18). The number of amides is 1. The molecule has 0 saturated heterocycles. The molecule has 0 aromatic carbocycles. The first-order valence-corrected chi connectivity index (χ1v) is 6.11. The molecule has 0 aliphatic carbocycles. The molecule has 19 heavy (non-hydrogen) atoms. The summed E-state index contributed by atoms with van der Waals surface area (Å²) in [5, 5.41) is 2.84. The molecule has 102 valence electrons. The maximum atomic E-state index is 12.1. The fraction of sp³-hybridized carbons (Fsp3) is 0.462. The number of hydrogen-bond donors (Lipinski definition) is 1. The van der Waals surface area contributed by atoms with E-state index in [2.05, 4.69) is 10.3 Å². The van der Waals surface area contributed by atoms with E-state index in [1.807, 2.05) is 20.8 Å². The Morgan fingerprint density at radius 3 is 2.74 bits per heavy atom. The third-order valence-electron chi connectivity index (χ3n) is 2.71. The lowest BCUT2D eigenvalue weighted by Gasteiger charge is -2.20. The molecule has 2 rings (SSSR count). The second-order valence-electron chi connectivity index (χ2n) is 5.57. The molecule has 2 aromatic rings. The monoisotopic (exact) mass is 262 g/mol. The molecule has 0 bridgehead atoms. The van der Waals surface area contributed by atoms with Gasteiger partial charge >= 0.3 is 5.69 Å². The zero-order valence-corrected chi connectivity index (χ0v) is 11.6. The van der Waals surface area contributed by atoms with Crippen LogP contribution >= 0.6 is 0 Å². The highest BCUT2D eigenvalue weighted by Crippen LogP contribution is 2.08. The summed E-state index contributed by atoms with van der Waals surface area (Å²) in [5.41, 5.74) is 0.691. The second kappa shape index (κ2) is 4.53. The van der Waals surface area contributed by atoms with Crippen molar-refractivity contribution < 1.29 is 4.79 Å². The molecule has 1 N–H and O–H groups in total. The maximum Gasteiger partial charge on any atom is 0.330 e. The Kier molecular flexibility index (Phi) is 3.18. The number of nitrogens with one attached hydrogen (secondary N) is 1. The fourth-order valence-electron chi connectivity index (χ4n) is 1.99. The predicted molar refractivity (Wildman–Crippen MR) is 72.9 cm³/mol.